The third kappa shape index (κ3) is 7.00. The number of fused-ring (bicyclic) bond motifs is 2. The summed E-state index contributed by atoms with van der Waals surface area (Å²) in [4.78, 5) is 12.9. The SMILES string of the molecule is C.CC(C)(C)NCCCc1ccc(Cl)c(C(=O)NCC23CCCC(CCC2)C3)c1. The van der Waals surface area contributed by atoms with E-state index in [-0.39, 0.29) is 18.9 Å². The molecule has 4 heteroatoms. The molecular formula is C25H41ClN2O. The Kier molecular flexibility index (Phi) is 8.60. The molecule has 3 nitrogen and oxygen atoms in total. The van der Waals surface area contributed by atoms with Crippen LogP contribution in [0, 0.1) is 11.3 Å². The highest BCUT2D eigenvalue weighted by Crippen LogP contribution is 2.48. The molecule has 0 aromatic heterocycles. The third-order valence-electron chi connectivity index (χ3n) is 6.56. The van der Waals surface area contributed by atoms with Crippen LogP contribution in [0.15, 0.2) is 18.2 Å². The van der Waals surface area contributed by atoms with E-state index in [4.69, 9.17) is 11.6 Å². The van der Waals surface area contributed by atoms with Gasteiger partial charge < -0.3 is 10.6 Å². The first-order valence-corrected chi connectivity index (χ1v) is 11.5. The predicted octanol–water partition coefficient (Wildman–Crippen LogP) is 6.39. The second-order valence-corrected chi connectivity index (χ2v) is 10.5. The van der Waals surface area contributed by atoms with E-state index in [1.54, 1.807) is 0 Å². The zero-order valence-corrected chi connectivity index (χ0v) is 18.6. The summed E-state index contributed by atoms with van der Waals surface area (Å²) < 4.78 is 0. The Morgan fingerprint density at radius 1 is 1.21 bits per heavy atom. The number of carbonyl (C=O) groups excluding carboxylic acids is 1. The van der Waals surface area contributed by atoms with Gasteiger partial charge in [0, 0.05) is 12.1 Å². The Morgan fingerprint density at radius 3 is 2.55 bits per heavy atom. The number of hydrogen-bond acceptors (Lipinski definition) is 2. The predicted molar refractivity (Wildman–Crippen MR) is 125 cm³/mol. The van der Waals surface area contributed by atoms with Crippen LogP contribution in [0.3, 0.4) is 0 Å². The van der Waals surface area contributed by atoms with Crippen LogP contribution in [0.2, 0.25) is 5.02 Å². The molecule has 0 spiro atoms. The number of amides is 1. The van der Waals surface area contributed by atoms with E-state index in [0.717, 1.165) is 31.8 Å². The van der Waals surface area contributed by atoms with Gasteiger partial charge in [0.25, 0.3) is 5.91 Å². The topological polar surface area (TPSA) is 41.1 Å². The van der Waals surface area contributed by atoms with Crippen molar-refractivity contribution in [3.05, 3.63) is 34.3 Å². The molecule has 0 heterocycles. The average molecular weight is 421 g/mol. The zero-order valence-electron chi connectivity index (χ0n) is 17.9. The van der Waals surface area contributed by atoms with E-state index in [1.807, 2.05) is 18.2 Å². The lowest BCUT2D eigenvalue weighted by atomic mass is 9.62. The number of hydrogen-bond donors (Lipinski definition) is 2. The molecule has 0 unspecified atom stereocenters. The van der Waals surface area contributed by atoms with Crippen LogP contribution < -0.4 is 10.6 Å². The van der Waals surface area contributed by atoms with Crippen molar-refractivity contribution in [3.8, 4) is 0 Å². The second-order valence-electron chi connectivity index (χ2n) is 10.1. The maximum absolute atomic E-state index is 12.9. The summed E-state index contributed by atoms with van der Waals surface area (Å²) in [6.07, 6.45) is 11.2. The first-order chi connectivity index (χ1) is 13.3. The molecule has 2 saturated carbocycles. The van der Waals surface area contributed by atoms with E-state index in [9.17, 15) is 4.79 Å². The van der Waals surface area contributed by atoms with Crippen LogP contribution in [0.25, 0.3) is 0 Å². The van der Waals surface area contributed by atoms with Crippen molar-refractivity contribution in [1.82, 2.24) is 10.6 Å². The number of nitrogens with one attached hydrogen (secondary N) is 2. The largest absolute Gasteiger partial charge is 0.351 e. The summed E-state index contributed by atoms with van der Waals surface area (Å²) in [5, 5.41) is 7.30. The van der Waals surface area contributed by atoms with Crippen molar-refractivity contribution < 1.29 is 4.79 Å². The van der Waals surface area contributed by atoms with Gasteiger partial charge in [-0.05, 0) is 88.4 Å². The summed E-state index contributed by atoms with van der Waals surface area (Å²) in [6, 6.07) is 5.90. The van der Waals surface area contributed by atoms with Crippen LogP contribution in [0.1, 0.15) is 95.5 Å². The molecule has 2 N–H and O–H groups in total. The van der Waals surface area contributed by atoms with Crippen LogP contribution in [-0.4, -0.2) is 24.5 Å². The van der Waals surface area contributed by atoms with E-state index in [1.165, 1.54) is 50.5 Å². The number of rotatable bonds is 7. The van der Waals surface area contributed by atoms with E-state index in [0.29, 0.717) is 16.0 Å². The van der Waals surface area contributed by atoms with Gasteiger partial charge in [0.2, 0.25) is 0 Å². The minimum atomic E-state index is -0.0123. The third-order valence-corrected chi connectivity index (χ3v) is 6.89. The summed E-state index contributed by atoms with van der Waals surface area (Å²) in [7, 11) is 0. The van der Waals surface area contributed by atoms with E-state index >= 15 is 0 Å². The molecule has 0 saturated heterocycles. The summed E-state index contributed by atoms with van der Waals surface area (Å²) in [5.41, 5.74) is 2.28. The highest BCUT2D eigenvalue weighted by Gasteiger charge is 2.39. The van der Waals surface area contributed by atoms with Crippen LogP contribution >= 0.6 is 11.6 Å². The van der Waals surface area contributed by atoms with E-state index < -0.39 is 0 Å². The Labute approximate surface area is 183 Å². The number of carbonyl (C=O) groups is 1. The summed E-state index contributed by atoms with van der Waals surface area (Å²) in [5.74, 6) is 0.870. The fraction of sp³-hybridized carbons (Fsp3) is 0.720. The van der Waals surface area contributed by atoms with Gasteiger partial charge in [-0.15, -0.1) is 0 Å². The fourth-order valence-electron chi connectivity index (χ4n) is 5.09. The molecule has 1 aromatic rings. The molecule has 1 aromatic carbocycles. The van der Waals surface area contributed by atoms with Crippen molar-refractivity contribution in [2.45, 2.75) is 91.5 Å². The van der Waals surface area contributed by atoms with Crippen molar-refractivity contribution >= 4 is 17.5 Å². The minimum absolute atomic E-state index is 0. The molecule has 2 aliphatic carbocycles. The lowest BCUT2D eigenvalue weighted by Gasteiger charge is -2.45. The highest BCUT2D eigenvalue weighted by molar-refractivity contribution is 6.33. The molecule has 2 fully saturated rings. The van der Waals surface area contributed by atoms with Crippen LogP contribution in [0.5, 0.6) is 0 Å². The normalized spacial score (nSPS) is 23.9. The first kappa shape index (κ1) is 24.2. The Morgan fingerprint density at radius 2 is 1.90 bits per heavy atom. The average Bonchev–Trinajstić information content (AvgIpc) is 2.64. The van der Waals surface area contributed by atoms with Gasteiger partial charge >= 0.3 is 0 Å². The molecule has 0 atom stereocenters. The Bertz CT molecular complexity index is 670. The fourth-order valence-corrected chi connectivity index (χ4v) is 5.29. The van der Waals surface area contributed by atoms with Gasteiger partial charge in [-0.1, -0.05) is 50.8 Å². The van der Waals surface area contributed by atoms with Crippen molar-refractivity contribution in [1.29, 1.82) is 0 Å². The van der Waals surface area contributed by atoms with Crippen LogP contribution in [-0.2, 0) is 6.42 Å². The van der Waals surface area contributed by atoms with Crippen molar-refractivity contribution in [2.75, 3.05) is 13.1 Å². The lowest BCUT2D eigenvalue weighted by Crippen LogP contribution is -2.43. The zero-order chi connectivity index (χ0) is 20.2. The molecule has 2 aliphatic rings. The quantitative estimate of drug-likeness (QED) is 0.502. The van der Waals surface area contributed by atoms with Crippen molar-refractivity contribution in [3.63, 3.8) is 0 Å². The van der Waals surface area contributed by atoms with Gasteiger partial charge in [0.05, 0.1) is 10.6 Å². The lowest BCUT2D eigenvalue weighted by molar-refractivity contribution is 0.0682. The molecule has 164 valence electrons. The monoisotopic (exact) mass is 420 g/mol. The second kappa shape index (κ2) is 10.3. The molecule has 2 bridgehead atoms. The van der Waals surface area contributed by atoms with Gasteiger partial charge in [-0.25, -0.2) is 0 Å². The number of benzene rings is 1. The summed E-state index contributed by atoms with van der Waals surface area (Å²) in [6.45, 7) is 8.31. The van der Waals surface area contributed by atoms with Crippen LogP contribution in [0.4, 0.5) is 0 Å². The van der Waals surface area contributed by atoms with E-state index in [2.05, 4.69) is 31.4 Å². The van der Waals surface area contributed by atoms with Gasteiger partial charge in [0.1, 0.15) is 0 Å². The Hall–Kier alpha value is -1.06. The Balaban J connectivity index is 0.00000300. The molecule has 3 rings (SSSR count). The maximum Gasteiger partial charge on any atom is 0.252 e. The number of halogens is 1. The smallest absolute Gasteiger partial charge is 0.252 e. The highest BCUT2D eigenvalue weighted by atomic mass is 35.5. The molecule has 29 heavy (non-hydrogen) atoms. The van der Waals surface area contributed by atoms with Gasteiger partial charge in [-0.3, -0.25) is 4.79 Å². The molecule has 1 amide bonds. The molecule has 0 radical (unpaired) electrons. The minimum Gasteiger partial charge on any atom is -0.351 e. The van der Waals surface area contributed by atoms with Gasteiger partial charge in [0.15, 0.2) is 0 Å². The molecule has 0 aliphatic heterocycles. The van der Waals surface area contributed by atoms with Gasteiger partial charge in [-0.2, -0.15) is 0 Å². The summed E-state index contributed by atoms with van der Waals surface area (Å²) >= 11 is 6.36. The van der Waals surface area contributed by atoms with Crippen molar-refractivity contribution in [2.24, 2.45) is 11.3 Å². The first-order valence-electron chi connectivity index (χ1n) is 11.1. The number of aryl methyl sites for hydroxylation is 1. The molecular weight excluding hydrogens is 380 g/mol. The standard InChI is InChI=1S/C24H37ClN2O.CH4/c1-23(2,3)27-14-6-9-18-10-11-21(25)20(15-18)22(28)26-17-24-12-4-7-19(16-24)8-5-13-24;/h10-11,15,19,27H,4-9,12-14,16-17H2,1-3H3,(H,26,28);1H4. The maximum atomic E-state index is 12.9.